The summed E-state index contributed by atoms with van der Waals surface area (Å²) in [5, 5.41) is 3.06. The van der Waals surface area contributed by atoms with Gasteiger partial charge in [-0.3, -0.25) is 4.79 Å². The van der Waals surface area contributed by atoms with E-state index in [1.54, 1.807) is 6.20 Å². The molecule has 1 aliphatic rings. The number of nitrogens with two attached hydrogens (primary N) is 1. The maximum absolute atomic E-state index is 11.8. The highest BCUT2D eigenvalue weighted by molar-refractivity contribution is 6.02. The Morgan fingerprint density at radius 3 is 2.93 bits per heavy atom. The van der Waals surface area contributed by atoms with Gasteiger partial charge >= 0.3 is 0 Å². The predicted molar refractivity (Wildman–Crippen MR) is 54.1 cm³/mol. The van der Waals surface area contributed by atoms with E-state index in [-0.39, 0.29) is 11.7 Å². The molecule has 4 heteroatoms. The van der Waals surface area contributed by atoms with Gasteiger partial charge in [-0.25, -0.2) is 4.98 Å². The van der Waals surface area contributed by atoms with Crippen molar-refractivity contribution in [1.29, 1.82) is 0 Å². The van der Waals surface area contributed by atoms with E-state index in [0.717, 1.165) is 18.7 Å². The molecule has 0 saturated carbocycles. The minimum atomic E-state index is 0.0842. The number of aromatic nitrogens is 1. The lowest BCUT2D eigenvalue weighted by atomic mass is 9.92. The quantitative estimate of drug-likeness (QED) is 0.663. The number of anilines is 1. The number of nitrogens with zero attached hydrogens (tertiary/aromatic N) is 1. The van der Waals surface area contributed by atoms with Crippen molar-refractivity contribution in [3.8, 4) is 0 Å². The van der Waals surface area contributed by atoms with Crippen LogP contribution in [0.5, 0.6) is 0 Å². The Kier molecular flexibility index (Phi) is 2.21. The summed E-state index contributed by atoms with van der Waals surface area (Å²) in [5.74, 6) is 0.533. The van der Waals surface area contributed by atoms with Gasteiger partial charge in [-0.2, -0.15) is 0 Å². The van der Waals surface area contributed by atoms with Gasteiger partial charge in [0.15, 0.2) is 5.78 Å². The van der Waals surface area contributed by atoms with E-state index in [1.165, 1.54) is 0 Å². The van der Waals surface area contributed by atoms with Gasteiger partial charge in [-0.15, -0.1) is 0 Å². The smallest absolute Gasteiger partial charge is 0.172 e. The third-order valence-corrected chi connectivity index (χ3v) is 2.47. The highest BCUT2D eigenvalue weighted by Crippen LogP contribution is 2.17. The maximum atomic E-state index is 11.8. The number of Topliss-reactive ketones (excluding diaryl/α,β-unsaturated/α-hetero) is 1. The van der Waals surface area contributed by atoms with Crippen molar-refractivity contribution in [2.45, 2.75) is 6.92 Å². The van der Waals surface area contributed by atoms with E-state index in [0.29, 0.717) is 11.4 Å². The predicted octanol–water partition coefficient (Wildman–Crippen LogP) is 0.374. The number of carbonyl (C=O) groups is 1. The van der Waals surface area contributed by atoms with Gasteiger partial charge in [0.2, 0.25) is 0 Å². The zero-order valence-electron chi connectivity index (χ0n) is 8.08. The highest BCUT2D eigenvalue weighted by atomic mass is 16.1. The van der Waals surface area contributed by atoms with Gasteiger partial charge in [0.1, 0.15) is 5.82 Å². The first-order valence-corrected chi connectivity index (χ1v) is 4.65. The molecule has 0 amide bonds. The average molecular weight is 191 g/mol. The second-order valence-electron chi connectivity index (χ2n) is 3.66. The molecule has 3 N–H and O–H groups in total. The number of nitrogen functional groups attached to an aromatic ring is 1. The molecule has 0 unspecified atom stereocenters. The van der Waals surface area contributed by atoms with Crippen LogP contribution in [0.2, 0.25) is 0 Å². The van der Waals surface area contributed by atoms with E-state index in [9.17, 15) is 4.79 Å². The number of aryl methyl sites for hydroxylation is 1. The van der Waals surface area contributed by atoms with Crippen LogP contribution in [-0.2, 0) is 0 Å². The number of hydrogen-bond acceptors (Lipinski definition) is 4. The lowest BCUT2D eigenvalue weighted by Gasteiger charge is -2.25. The monoisotopic (exact) mass is 191 g/mol. The third-order valence-electron chi connectivity index (χ3n) is 2.47. The van der Waals surface area contributed by atoms with Crippen molar-refractivity contribution < 1.29 is 4.79 Å². The van der Waals surface area contributed by atoms with Crippen LogP contribution in [0.1, 0.15) is 15.9 Å². The normalized spacial score (nSPS) is 16.4. The van der Waals surface area contributed by atoms with Crippen LogP contribution in [0.25, 0.3) is 0 Å². The van der Waals surface area contributed by atoms with Crippen molar-refractivity contribution in [1.82, 2.24) is 10.3 Å². The Morgan fingerprint density at radius 2 is 2.36 bits per heavy atom. The van der Waals surface area contributed by atoms with E-state index in [4.69, 9.17) is 5.73 Å². The molecule has 2 rings (SSSR count). The van der Waals surface area contributed by atoms with Crippen LogP contribution in [-0.4, -0.2) is 23.9 Å². The molecular weight excluding hydrogens is 178 g/mol. The number of carbonyl (C=O) groups excluding carboxylic acids is 1. The van der Waals surface area contributed by atoms with Crippen molar-refractivity contribution in [2.75, 3.05) is 18.8 Å². The molecular formula is C10H13N3O. The van der Waals surface area contributed by atoms with Crippen LogP contribution in [0.15, 0.2) is 12.3 Å². The molecule has 0 atom stereocenters. The first-order valence-electron chi connectivity index (χ1n) is 4.65. The van der Waals surface area contributed by atoms with E-state index in [1.807, 2.05) is 13.0 Å². The van der Waals surface area contributed by atoms with Gasteiger partial charge < -0.3 is 11.1 Å². The van der Waals surface area contributed by atoms with Crippen LogP contribution in [0, 0.1) is 12.8 Å². The Balaban J connectivity index is 2.29. The van der Waals surface area contributed by atoms with E-state index >= 15 is 0 Å². The molecule has 0 spiro atoms. The first-order chi connectivity index (χ1) is 6.68. The average Bonchev–Trinajstić information content (AvgIpc) is 2.06. The van der Waals surface area contributed by atoms with Crippen LogP contribution >= 0.6 is 0 Å². The number of nitrogens with one attached hydrogen (secondary N) is 1. The zero-order valence-corrected chi connectivity index (χ0v) is 8.08. The second-order valence-corrected chi connectivity index (χ2v) is 3.66. The van der Waals surface area contributed by atoms with Gasteiger partial charge in [0.05, 0.1) is 5.56 Å². The lowest BCUT2D eigenvalue weighted by Crippen LogP contribution is -2.46. The van der Waals surface area contributed by atoms with Crippen molar-refractivity contribution in [3.63, 3.8) is 0 Å². The molecule has 1 aromatic heterocycles. The van der Waals surface area contributed by atoms with Crippen LogP contribution < -0.4 is 11.1 Å². The Morgan fingerprint density at radius 1 is 1.64 bits per heavy atom. The molecule has 0 bridgehead atoms. The Hall–Kier alpha value is -1.42. The summed E-state index contributed by atoms with van der Waals surface area (Å²) in [4.78, 5) is 15.8. The van der Waals surface area contributed by atoms with Gasteiger partial charge in [0.25, 0.3) is 0 Å². The molecule has 1 saturated heterocycles. The summed E-state index contributed by atoms with van der Waals surface area (Å²) in [6, 6.07) is 1.81. The molecule has 0 aliphatic carbocycles. The number of rotatable bonds is 2. The maximum Gasteiger partial charge on any atom is 0.172 e. The Bertz CT molecular complexity index is 372. The molecule has 1 fully saturated rings. The third kappa shape index (κ3) is 1.48. The fraction of sp³-hybridized carbons (Fsp3) is 0.400. The minimum Gasteiger partial charge on any atom is -0.383 e. The summed E-state index contributed by atoms with van der Waals surface area (Å²) < 4.78 is 0. The van der Waals surface area contributed by atoms with Gasteiger partial charge in [0, 0.05) is 25.2 Å². The molecule has 4 nitrogen and oxygen atoms in total. The fourth-order valence-electron chi connectivity index (χ4n) is 1.47. The van der Waals surface area contributed by atoms with Crippen LogP contribution in [0.4, 0.5) is 5.82 Å². The van der Waals surface area contributed by atoms with Crippen molar-refractivity contribution >= 4 is 11.6 Å². The van der Waals surface area contributed by atoms with Crippen LogP contribution in [0.3, 0.4) is 0 Å². The SMILES string of the molecule is Cc1cnc(N)c(C(=O)C2CNC2)c1. The Labute approximate surface area is 82.5 Å². The fourth-order valence-corrected chi connectivity index (χ4v) is 1.47. The largest absolute Gasteiger partial charge is 0.383 e. The van der Waals surface area contributed by atoms with E-state index in [2.05, 4.69) is 10.3 Å². The van der Waals surface area contributed by atoms with E-state index < -0.39 is 0 Å². The molecule has 14 heavy (non-hydrogen) atoms. The topological polar surface area (TPSA) is 68.0 Å². The minimum absolute atomic E-state index is 0.0842. The number of ketones is 1. The summed E-state index contributed by atoms with van der Waals surface area (Å²) >= 11 is 0. The van der Waals surface area contributed by atoms with Gasteiger partial charge in [-0.1, -0.05) is 0 Å². The summed E-state index contributed by atoms with van der Waals surface area (Å²) in [5.41, 5.74) is 7.19. The molecule has 1 aliphatic heterocycles. The standard InChI is InChI=1S/C10H13N3O/c1-6-2-8(10(11)13-3-6)9(14)7-4-12-5-7/h2-3,7,12H,4-5H2,1H3,(H2,11,13). The molecule has 0 radical (unpaired) electrons. The lowest BCUT2D eigenvalue weighted by molar-refractivity contribution is 0.0878. The second kappa shape index (κ2) is 3.38. The summed E-state index contributed by atoms with van der Waals surface area (Å²) in [6.07, 6.45) is 1.67. The summed E-state index contributed by atoms with van der Waals surface area (Å²) in [7, 11) is 0. The number of pyridine rings is 1. The van der Waals surface area contributed by atoms with Crippen molar-refractivity contribution in [2.24, 2.45) is 5.92 Å². The number of hydrogen-bond donors (Lipinski definition) is 2. The first kappa shape index (κ1) is 9.15. The zero-order chi connectivity index (χ0) is 10.1. The molecule has 0 aromatic carbocycles. The molecule has 1 aromatic rings. The van der Waals surface area contributed by atoms with Crippen molar-refractivity contribution in [3.05, 3.63) is 23.4 Å². The summed E-state index contributed by atoms with van der Waals surface area (Å²) in [6.45, 7) is 3.42. The van der Waals surface area contributed by atoms with Gasteiger partial charge in [-0.05, 0) is 18.6 Å². The highest BCUT2D eigenvalue weighted by Gasteiger charge is 2.27. The molecule has 2 heterocycles. The molecule has 74 valence electrons.